The van der Waals surface area contributed by atoms with Crippen LogP contribution in [0.4, 0.5) is 10.5 Å². The Morgan fingerprint density at radius 2 is 1.83 bits per heavy atom. The number of carbonyl (C=O) groups excluding carboxylic acids is 2. The topological polar surface area (TPSA) is 58.6 Å². The van der Waals surface area contributed by atoms with Crippen LogP contribution in [0.25, 0.3) is 0 Å². The number of hydrogen-bond acceptors (Lipinski definition) is 3. The van der Waals surface area contributed by atoms with E-state index >= 15 is 0 Å². The molecule has 23 heavy (non-hydrogen) atoms. The van der Waals surface area contributed by atoms with Crippen LogP contribution in [0.1, 0.15) is 47.0 Å². The van der Waals surface area contributed by atoms with E-state index < -0.39 is 17.7 Å². The Balaban J connectivity index is 2.81. The van der Waals surface area contributed by atoms with E-state index in [4.69, 9.17) is 4.74 Å². The molecular formula is C18H28N2O3. The van der Waals surface area contributed by atoms with Gasteiger partial charge in [-0.05, 0) is 39.3 Å². The Morgan fingerprint density at radius 1 is 1.22 bits per heavy atom. The van der Waals surface area contributed by atoms with Crippen LogP contribution in [0.15, 0.2) is 30.3 Å². The fraction of sp³-hybridized carbons (Fsp3) is 0.556. The molecule has 0 heterocycles. The van der Waals surface area contributed by atoms with Crippen molar-refractivity contribution in [3.63, 3.8) is 0 Å². The van der Waals surface area contributed by atoms with Crippen LogP contribution in [0.5, 0.6) is 0 Å². The zero-order chi connectivity index (χ0) is 17.5. The molecule has 1 N–H and O–H groups in total. The third-order valence-electron chi connectivity index (χ3n) is 3.32. The van der Waals surface area contributed by atoms with Crippen LogP contribution in [0, 0.1) is 0 Å². The minimum Gasteiger partial charge on any atom is -0.444 e. The highest BCUT2D eigenvalue weighted by Gasteiger charge is 2.29. The first-order valence-corrected chi connectivity index (χ1v) is 8.06. The lowest BCUT2D eigenvalue weighted by Crippen LogP contribution is -2.47. The van der Waals surface area contributed by atoms with E-state index in [0.29, 0.717) is 6.42 Å². The Kier molecular flexibility index (Phi) is 7.07. The molecule has 0 radical (unpaired) electrons. The van der Waals surface area contributed by atoms with Gasteiger partial charge in [0.05, 0.1) is 0 Å². The van der Waals surface area contributed by atoms with Gasteiger partial charge in [-0.25, -0.2) is 4.79 Å². The molecule has 1 aromatic rings. The standard InChI is InChI=1S/C18H28N2O3/c1-6-7-13-15(20(5)17(22)23-18(2,3)4)16(21)19-14-11-9-8-10-12-14/h8-12,15H,6-7,13H2,1-5H3,(H,19,21)/t15-/m1/s1. The van der Waals surface area contributed by atoms with Crippen molar-refractivity contribution in [2.45, 2.75) is 58.6 Å². The van der Waals surface area contributed by atoms with E-state index in [9.17, 15) is 9.59 Å². The summed E-state index contributed by atoms with van der Waals surface area (Å²) in [4.78, 5) is 26.2. The predicted molar refractivity (Wildman–Crippen MR) is 92.4 cm³/mol. The number of unbranched alkanes of at least 4 members (excludes halogenated alkanes) is 1. The molecular weight excluding hydrogens is 292 g/mol. The number of carbonyl (C=O) groups is 2. The molecule has 1 rings (SSSR count). The zero-order valence-electron chi connectivity index (χ0n) is 14.8. The third-order valence-corrected chi connectivity index (χ3v) is 3.32. The number of para-hydroxylation sites is 1. The quantitative estimate of drug-likeness (QED) is 0.860. The van der Waals surface area contributed by atoms with Gasteiger partial charge in [0.25, 0.3) is 0 Å². The zero-order valence-corrected chi connectivity index (χ0v) is 14.8. The SMILES string of the molecule is CCCC[C@H](C(=O)Nc1ccccc1)N(C)C(=O)OC(C)(C)C. The van der Waals surface area contributed by atoms with Gasteiger partial charge in [-0.15, -0.1) is 0 Å². The molecule has 0 bridgehead atoms. The van der Waals surface area contributed by atoms with Crippen LogP contribution >= 0.6 is 0 Å². The average Bonchev–Trinajstić information content (AvgIpc) is 2.46. The van der Waals surface area contributed by atoms with Crippen molar-refractivity contribution in [1.82, 2.24) is 4.90 Å². The molecule has 0 aliphatic heterocycles. The van der Waals surface area contributed by atoms with Crippen molar-refractivity contribution < 1.29 is 14.3 Å². The number of nitrogens with zero attached hydrogens (tertiary/aromatic N) is 1. The Bertz CT molecular complexity index is 509. The molecule has 1 aromatic carbocycles. The van der Waals surface area contributed by atoms with Gasteiger partial charge in [-0.2, -0.15) is 0 Å². The van der Waals surface area contributed by atoms with E-state index in [0.717, 1.165) is 18.5 Å². The third kappa shape index (κ3) is 6.72. The van der Waals surface area contributed by atoms with E-state index in [1.54, 1.807) is 7.05 Å². The molecule has 2 amide bonds. The van der Waals surface area contributed by atoms with Gasteiger partial charge in [0.15, 0.2) is 0 Å². The lowest BCUT2D eigenvalue weighted by Gasteiger charge is -2.30. The molecule has 0 fully saturated rings. The second-order valence-electron chi connectivity index (χ2n) is 6.60. The van der Waals surface area contributed by atoms with Crippen molar-refractivity contribution in [2.24, 2.45) is 0 Å². The fourth-order valence-corrected chi connectivity index (χ4v) is 2.11. The van der Waals surface area contributed by atoms with Crippen LogP contribution in [-0.4, -0.2) is 35.6 Å². The van der Waals surface area contributed by atoms with Crippen LogP contribution < -0.4 is 5.32 Å². The first-order valence-electron chi connectivity index (χ1n) is 8.06. The number of anilines is 1. The van der Waals surface area contributed by atoms with E-state index in [-0.39, 0.29) is 5.91 Å². The van der Waals surface area contributed by atoms with Gasteiger partial charge in [-0.3, -0.25) is 9.69 Å². The van der Waals surface area contributed by atoms with Crippen molar-refractivity contribution in [3.8, 4) is 0 Å². The number of ether oxygens (including phenoxy) is 1. The summed E-state index contributed by atoms with van der Waals surface area (Å²) >= 11 is 0. The normalized spacial score (nSPS) is 12.4. The van der Waals surface area contributed by atoms with Gasteiger partial charge < -0.3 is 10.1 Å². The van der Waals surface area contributed by atoms with Gasteiger partial charge in [-0.1, -0.05) is 38.0 Å². The number of benzene rings is 1. The number of amides is 2. The fourth-order valence-electron chi connectivity index (χ4n) is 2.11. The molecule has 0 aliphatic carbocycles. The number of hydrogen-bond donors (Lipinski definition) is 1. The summed E-state index contributed by atoms with van der Waals surface area (Å²) in [6.45, 7) is 7.48. The maximum Gasteiger partial charge on any atom is 0.410 e. The van der Waals surface area contributed by atoms with E-state index in [1.165, 1.54) is 4.90 Å². The number of rotatable bonds is 6. The summed E-state index contributed by atoms with van der Waals surface area (Å²) in [5, 5.41) is 2.86. The van der Waals surface area contributed by atoms with Crippen molar-refractivity contribution in [1.29, 1.82) is 0 Å². The molecule has 128 valence electrons. The van der Waals surface area contributed by atoms with Gasteiger partial charge in [0.1, 0.15) is 11.6 Å². The first-order chi connectivity index (χ1) is 10.7. The maximum atomic E-state index is 12.6. The molecule has 0 unspecified atom stereocenters. The Hall–Kier alpha value is -2.04. The minimum atomic E-state index is -0.587. The second kappa shape index (κ2) is 8.56. The monoisotopic (exact) mass is 320 g/mol. The molecule has 0 saturated heterocycles. The van der Waals surface area contributed by atoms with Gasteiger partial charge >= 0.3 is 6.09 Å². The van der Waals surface area contributed by atoms with Crippen LogP contribution in [-0.2, 0) is 9.53 Å². The Morgan fingerprint density at radius 3 is 2.35 bits per heavy atom. The number of nitrogens with one attached hydrogen (secondary N) is 1. The number of likely N-dealkylation sites (N-methyl/N-ethyl adjacent to an activating group) is 1. The summed E-state index contributed by atoms with van der Waals surface area (Å²) in [5.74, 6) is -0.196. The second-order valence-corrected chi connectivity index (χ2v) is 6.60. The van der Waals surface area contributed by atoms with Crippen molar-refractivity contribution >= 4 is 17.7 Å². The largest absolute Gasteiger partial charge is 0.444 e. The smallest absolute Gasteiger partial charge is 0.410 e. The lowest BCUT2D eigenvalue weighted by atomic mass is 10.1. The van der Waals surface area contributed by atoms with Crippen LogP contribution in [0.3, 0.4) is 0 Å². The summed E-state index contributed by atoms with van der Waals surface area (Å²) in [5.41, 5.74) is 0.132. The first kappa shape index (κ1) is 19.0. The highest BCUT2D eigenvalue weighted by Crippen LogP contribution is 2.16. The van der Waals surface area contributed by atoms with Crippen molar-refractivity contribution in [3.05, 3.63) is 30.3 Å². The minimum absolute atomic E-state index is 0.196. The predicted octanol–water partition coefficient (Wildman–Crippen LogP) is 4.05. The summed E-state index contributed by atoms with van der Waals surface area (Å²) < 4.78 is 5.37. The van der Waals surface area contributed by atoms with Gasteiger partial charge in [0, 0.05) is 12.7 Å². The molecule has 0 aliphatic rings. The molecule has 0 saturated carbocycles. The average molecular weight is 320 g/mol. The highest BCUT2D eigenvalue weighted by molar-refractivity contribution is 5.96. The lowest BCUT2D eigenvalue weighted by molar-refractivity contribution is -0.121. The van der Waals surface area contributed by atoms with E-state index in [2.05, 4.69) is 12.2 Å². The maximum absolute atomic E-state index is 12.6. The highest BCUT2D eigenvalue weighted by atomic mass is 16.6. The molecule has 1 atom stereocenters. The summed E-state index contributed by atoms with van der Waals surface area (Å²) in [7, 11) is 1.61. The molecule has 0 spiro atoms. The van der Waals surface area contributed by atoms with Crippen LogP contribution in [0.2, 0.25) is 0 Å². The Labute approximate surface area is 139 Å². The molecule has 5 heteroatoms. The molecule has 0 aromatic heterocycles. The summed E-state index contributed by atoms with van der Waals surface area (Å²) in [6.07, 6.45) is 1.93. The molecule has 5 nitrogen and oxygen atoms in total. The van der Waals surface area contributed by atoms with Gasteiger partial charge in [0.2, 0.25) is 5.91 Å². The van der Waals surface area contributed by atoms with E-state index in [1.807, 2.05) is 51.1 Å². The van der Waals surface area contributed by atoms with Crippen molar-refractivity contribution in [2.75, 3.05) is 12.4 Å². The summed E-state index contributed by atoms with van der Waals surface area (Å²) in [6, 6.07) is 8.69.